The second-order valence-electron chi connectivity index (χ2n) is 4.52. The minimum absolute atomic E-state index is 0.178. The first-order chi connectivity index (χ1) is 10.2. The van der Waals surface area contributed by atoms with Crippen molar-refractivity contribution >= 4 is 46.7 Å². The summed E-state index contributed by atoms with van der Waals surface area (Å²) in [4.78, 5) is 16.1. The predicted molar refractivity (Wildman–Crippen MR) is 91.3 cm³/mol. The van der Waals surface area contributed by atoms with Crippen LogP contribution in [0.15, 0.2) is 42.6 Å². The summed E-state index contributed by atoms with van der Waals surface area (Å²) >= 11 is 9.70. The van der Waals surface area contributed by atoms with Crippen LogP contribution in [0.25, 0.3) is 0 Å². The molecular weight excluding hydrogens is 324 g/mol. The molecule has 1 amide bonds. The summed E-state index contributed by atoms with van der Waals surface area (Å²) in [7, 11) is 0. The van der Waals surface area contributed by atoms with E-state index >= 15 is 0 Å². The minimum Gasteiger partial charge on any atom is -0.322 e. The smallest absolute Gasteiger partial charge is 0.255 e. The standard InChI is InChI=1S/C15H13ClN2OS2/c16-13-9-10(4-5-17-13)14(19)18-12-3-1-2-11(8-12)15-20-6-7-21-15/h1-5,8-9,15H,6-7H2,(H,18,19). The quantitative estimate of drug-likeness (QED) is 0.840. The highest BCUT2D eigenvalue weighted by Gasteiger charge is 2.18. The highest BCUT2D eigenvalue weighted by Crippen LogP contribution is 2.45. The molecule has 0 saturated carbocycles. The number of nitrogens with one attached hydrogen (secondary N) is 1. The maximum atomic E-state index is 12.2. The zero-order valence-electron chi connectivity index (χ0n) is 11.1. The molecule has 3 nitrogen and oxygen atoms in total. The molecule has 0 atom stereocenters. The van der Waals surface area contributed by atoms with E-state index in [1.54, 1.807) is 12.1 Å². The monoisotopic (exact) mass is 336 g/mol. The molecule has 1 aromatic carbocycles. The van der Waals surface area contributed by atoms with Crippen molar-refractivity contribution in [2.24, 2.45) is 0 Å². The maximum Gasteiger partial charge on any atom is 0.255 e. The number of aromatic nitrogens is 1. The van der Waals surface area contributed by atoms with Gasteiger partial charge in [-0.3, -0.25) is 4.79 Å². The summed E-state index contributed by atoms with van der Waals surface area (Å²) in [5.74, 6) is 2.19. The van der Waals surface area contributed by atoms with Crippen LogP contribution in [0.4, 0.5) is 5.69 Å². The fourth-order valence-electron chi connectivity index (χ4n) is 2.06. The molecule has 1 aliphatic rings. The molecule has 108 valence electrons. The van der Waals surface area contributed by atoms with E-state index in [-0.39, 0.29) is 5.91 Å². The molecule has 21 heavy (non-hydrogen) atoms. The van der Waals surface area contributed by atoms with Gasteiger partial charge in [-0.25, -0.2) is 4.98 Å². The number of amides is 1. The predicted octanol–water partition coefficient (Wildman–Crippen LogP) is 4.47. The first-order valence-electron chi connectivity index (χ1n) is 6.48. The van der Waals surface area contributed by atoms with Crippen molar-refractivity contribution in [3.63, 3.8) is 0 Å². The number of carbonyl (C=O) groups is 1. The van der Waals surface area contributed by atoms with Crippen LogP contribution in [0.3, 0.4) is 0 Å². The van der Waals surface area contributed by atoms with Crippen LogP contribution in [0.1, 0.15) is 20.5 Å². The number of anilines is 1. The number of carbonyl (C=O) groups excluding carboxylic acids is 1. The molecule has 0 radical (unpaired) electrons. The zero-order valence-corrected chi connectivity index (χ0v) is 13.5. The van der Waals surface area contributed by atoms with Gasteiger partial charge >= 0.3 is 0 Å². The molecule has 2 heterocycles. The number of hydrogen-bond donors (Lipinski definition) is 1. The van der Waals surface area contributed by atoms with Gasteiger partial charge in [-0.1, -0.05) is 23.7 Å². The number of thioether (sulfide) groups is 2. The van der Waals surface area contributed by atoms with Crippen molar-refractivity contribution in [1.82, 2.24) is 4.98 Å². The number of halogens is 1. The Morgan fingerprint density at radius 1 is 1.24 bits per heavy atom. The van der Waals surface area contributed by atoms with Crippen LogP contribution >= 0.6 is 35.1 Å². The van der Waals surface area contributed by atoms with E-state index in [2.05, 4.69) is 16.4 Å². The third kappa shape index (κ3) is 3.73. The van der Waals surface area contributed by atoms with Gasteiger partial charge in [0.2, 0.25) is 0 Å². The number of benzene rings is 1. The average Bonchev–Trinajstić information content (AvgIpc) is 3.02. The lowest BCUT2D eigenvalue weighted by molar-refractivity contribution is 0.102. The molecule has 1 aromatic heterocycles. The molecule has 1 aliphatic heterocycles. The van der Waals surface area contributed by atoms with Gasteiger partial charge in [0.1, 0.15) is 5.15 Å². The van der Waals surface area contributed by atoms with Crippen LogP contribution in [0.5, 0.6) is 0 Å². The van der Waals surface area contributed by atoms with Crippen LogP contribution < -0.4 is 5.32 Å². The van der Waals surface area contributed by atoms with Gasteiger partial charge in [-0.15, -0.1) is 23.5 Å². The normalized spacial score (nSPS) is 15.1. The maximum absolute atomic E-state index is 12.2. The summed E-state index contributed by atoms with van der Waals surface area (Å²) in [6.45, 7) is 0. The topological polar surface area (TPSA) is 42.0 Å². The van der Waals surface area contributed by atoms with E-state index in [9.17, 15) is 4.79 Å². The Morgan fingerprint density at radius 3 is 2.81 bits per heavy atom. The lowest BCUT2D eigenvalue weighted by Gasteiger charge is -2.11. The van der Waals surface area contributed by atoms with Crippen molar-refractivity contribution in [3.8, 4) is 0 Å². The zero-order chi connectivity index (χ0) is 14.7. The van der Waals surface area contributed by atoms with Gasteiger partial charge < -0.3 is 5.32 Å². The summed E-state index contributed by atoms with van der Waals surface area (Å²) in [5.41, 5.74) is 2.55. The fraction of sp³-hybridized carbons (Fsp3) is 0.200. The molecule has 1 saturated heterocycles. The lowest BCUT2D eigenvalue weighted by Crippen LogP contribution is -2.12. The summed E-state index contributed by atoms with van der Waals surface area (Å²) in [5, 5.41) is 3.22. The van der Waals surface area contributed by atoms with Crippen LogP contribution in [-0.4, -0.2) is 22.4 Å². The lowest BCUT2D eigenvalue weighted by atomic mass is 10.2. The van der Waals surface area contributed by atoms with Crippen molar-refractivity contribution in [2.75, 3.05) is 16.8 Å². The molecule has 3 rings (SSSR count). The average molecular weight is 337 g/mol. The second kappa shape index (κ2) is 6.73. The molecule has 2 aromatic rings. The van der Waals surface area contributed by atoms with Crippen molar-refractivity contribution < 1.29 is 4.79 Å². The molecule has 0 spiro atoms. The van der Waals surface area contributed by atoms with Crippen LogP contribution in [-0.2, 0) is 0 Å². The van der Waals surface area contributed by atoms with E-state index in [0.717, 1.165) is 5.69 Å². The number of nitrogens with zero attached hydrogens (tertiary/aromatic N) is 1. The first kappa shape index (κ1) is 14.8. The van der Waals surface area contributed by atoms with E-state index in [1.807, 2.05) is 41.7 Å². The van der Waals surface area contributed by atoms with Gasteiger partial charge in [-0.05, 0) is 29.8 Å². The Balaban J connectivity index is 1.75. The minimum atomic E-state index is -0.178. The number of pyridine rings is 1. The molecule has 0 unspecified atom stereocenters. The Labute approximate surface area is 136 Å². The molecular formula is C15H13ClN2OS2. The van der Waals surface area contributed by atoms with Crippen molar-refractivity contribution in [3.05, 3.63) is 58.9 Å². The highest BCUT2D eigenvalue weighted by atomic mass is 35.5. The molecule has 1 N–H and O–H groups in total. The molecule has 0 aliphatic carbocycles. The molecule has 1 fully saturated rings. The Morgan fingerprint density at radius 2 is 2.05 bits per heavy atom. The van der Waals surface area contributed by atoms with Crippen molar-refractivity contribution in [2.45, 2.75) is 4.58 Å². The van der Waals surface area contributed by atoms with Gasteiger partial charge in [0.15, 0.2) is 0 Å². The van der Waals surface area contributed by atoms with Gasteiger partial charge in [0, 0.05) is 29.0 Å². The molecule has 0 bridgehead atoms. The Bertz CT molecular complexity index is 660. The number of hydrogen-bond acceptors (Lipinski definition) is 4. The number of rotatable bonds is 3. The summed E-state index contributed by atoms with van der Waals surface area (Å²) in [6, 6.07) is 11.2. The van der Waals surface area contributed by atoms with E-state index in [1.165, 1.54) is 23.3 Å². The van der Waals surface area contributed by atoms with Gasteiger partial charge in [0.25, 0.3) is 5.91 Å². The second-order valence-corrected chi connectivity index (χ2v) is 7.63. The largest absolute Gasteiger partial charge is 0.322 e. The Kier molecular flexibility index (Phi) is 4.73. The SMILES string of the molecule is O=C(Nc1cccc(C2SCCS2)c1)c1ccnc(Cl)c1. The van der Waals surface area contributed by atoms with Gasteiger partial charge in [-0.2, -0.15) is 0 Å². The third-order valence-electron chi connectivity index (χ3n) is 3.03. The van der Waals surface area contributed by atoms with E-state index < -0.39 is 0 Å². The summed E-state index contributed by atoms with van der Waals surface area (Å²) in [6.07, 6.45) is 1.53. The van der Waals surface area contributed by atoms with Crippen LogP contribution in [0.2, 0.25) is 5.15 Å². The van der Waals surface area contributed by atoms with E-state index in [4.69, 9.17) is 11.6 Å². The molecule has 6 heteroatoms. The van der Waals surface area contributed by atoms with Crippen LogP contribution in [0, 0.1) is 0 Å². The highest BCUT2D eigenvalue weighted by molar-refractivity contribution is 8.19. The first-order valence-corrected chi connectivity index (χ1v) is 8.96. The fourth-order valence-corrected chi connectivity index (χ4v) is 5.07. The summed E-state index contributed by atoms with van der Waals surface area (Å²) < 4.78 is 0.470. The van der Waals surface area contributed by atoms with Gasteiger partial charge in [0.05, 0.1) is 4.58 Å². The van der Waals surface area contributed by atoms with E-state index in [0.29, 0.717) is 15.3 Å². The van der Waals surface area contributed by atoms with Crippen molar-refractivity contribution in [1.29, 1.82) is 0 Å². The Hall–Kier alpha value is -1.17. The third-order valence-corrected chi connectivity index (χ3v) is 6.34.